The number of carbonyl (C=O) groups excluding carboxylic acids is 2. The average Bonchev–Trinajstić information content (AvgIpc) is 3.12. The van der Waals surface area contributed by atoms with Crippen LogP contribution in [0.15, 0.2) is 12.5 Å². The molecule has 11 heteroatoms. The van der Waals surface area contributed by atoms with Crippen LogP contribution in [0, 0.1) is 0 Å². The number of carbonyl (C=O) groups is 3. The van der Waals surface area contributed by atoms with Crippen LogP contribution in [0.2, 0.25) is 0 Å². The Morgan fingerprint density at radius 3 is 2.46 bits per heavy atom. The molecule has 0 radical (unpaired) electrons. The molecule has 0 aromatic carbocycles. The highest BCUT2D eigenvalue weighted by molar-refractivity contribution is 7.80. The lowest BCUT2D eigenvalue weighted by molar-refractivity contribution is -0.142. The Morgan fingerprint density at radius 1 is 1.23 bits per heavy atom. The van der Waals surface area contributed by atoms with Crippen molar-refractivity contribution in [2.45, 2.75) is 43.8 Å². The number of H-pyrrole nitrogens is 1. The van der Waals surface area contributed by atoms with Crippen molar-refractivity contribution in [3.05, 3.63) is 18.2 Å². The van der Waals surface area contributed by atoms with Gasteiger partial charge in [-0.25, -0.2) is 9.78 Å². The number of carboxylic acid groups (broad SMARTS) is 1. The van der Waals surface area contributed by atoms with E-state index in [2.05, 4.69) is 33.2 Å². The lowest BCUT2D eigenvalue weighted by atomic mass is 10.1. The van der Waals surface area contributed by atoms with E-state index in [0.29, 0.717) is 25.1 Å². The molecule has 10 nitrogen and oxygen atoms in total. The molecular weight excluding hydrogens is 360 g/mol. The third-order valence-corrected chi connectivity index (χ3v) is 4.10. The highest BCUT2D eigenvalue weighted by Crippen LogP contribution is 2.04. The first kappa shape index (κ1) is 21.9. The van der Waals surface area contributed by atoms with Crippen LogP contribution in [-0.2, 0) is 20.8 Å². The quantitative estimate of drug-likeness (QED) is 0.167. The molecule has 0 saturated carbocycles. The first-order valence-electron chi connectivity index (χ1n) is 8.26. The number of nitrogens with zero attached hydrogens (tertiary/aromatic N) is 1. The molecule has 0 unspecified atom stereocenters. The normalized spacial score (nSPS) is 14.3. The van der Waals surface area contributed by atoms with E-state index in [-0.39, 0.29) is 18.6 Å². The monoisotopic (exact) mass is 386 g/mol. The smallest absolute Gasteiger partial charge is 0.326 e. The molecule has 2 amide bonds. The number of amides is 2. The van der Waals surface area contributed by atoms with Crippen molar-refractivity contribution in [3.63, 3.8) is 0 Å². The fourth-order valence-corrected chi connectivity index (χ4v) is 2.38. The third kappa shape index (κ3) is 7.42. The summed E-state index contributed by atoms with van der Waals surface area (Å²) in [7, 11) is 0. The molecule has 1 rings (SSSR count). The Bertz CT molecular complexity index is 583. The van der Waals surface area contributed by atoms with Gasteiger partial charge in [0.15, 0.2) is 0 Å². The Hall–Kier alpha value is -2.11. The fraction of sp³-hybridized carbons (Fsp3) is 0.600. The zero-order chi connectivity index (χ0) is 19.5. The molecule has 26 heavy (non-hydrogen) atoms. The summed E-state index contributed by atoms with van der Waals surface area (Å²) < 4.78 is 0. The van der Waals surface area contributed by atoms with E-state index in [4.69, 9.17) is 11.5 Å². The second-order valence-corrected chi connectivity index (χ2v) is 6.18. The predicted octanol–water partition coefficient (Wildman–Crippen LogP) is -1.61. The van der Waals surface area contributed by atoms with E-state index in [1.165, 1.54) is 12.5 Å². The van der Waals surface area contributed by atoms with Crippen molar-refractivity contribution >= 4 is 30.4 Å². The van der Waals surface area contributed by atoms with Gasteiger partial charge in [0.05, 0.1) is 12.4 Å². The average molecular weight is 386 g/mol. The van der Waals surface area contributed by atoms with Crippen LogP contribution in [0.25, 0.3) is 0 Å². The Kier molecular flexibility index (Phi) is 9.70. The Labute approximate surface area is 156 Å². The number of hydrogen-bond donors (Lipinski definition) is 7. The number of rotatable bonds is 12. The van der Waals surface area contributed by atoms with E-state index >= 15 is 0 Å². The van der Waals surface area contributed by atoms with Gasteiger partial charge in [-0.15, -0.1) is 0 Å². The lowest BCUT2D eigenvalue weighted by Gasteiger charge is -2.22. The highest BCUT2D eigenvalue weighted by Gasteiger charge is 2.28. The number of hydrogen-bond acceptors (Lipinski definition) is 7. The van der Waals surface area contributed by atoms with Gasteiger partial charge in [-0.05, 0) is 25.8 Å². The van der Waals surface area contributed by atoms with Crippen LogP contribution in [-0.4, -0.2) is 63.3 Å². The fourth-order valence-electron chi connectivity index (χ4n) is 2.21. The van der Waals surface area contributed by atoms with Crippen molar-refractivity contribution in [3.8, 4) is 0 Å². The van der Waals surface area contributed by atoms with E-state index in [1.807, 2.05) is 0 Å². The molecule has 1 aromatic rings. The van der Waals surface area contributed by atoms with Crippen molar-refractivity contribution in [2.24, 2.45) is 11.5 Å². The first-order chi connectivity index (χ1) is 12.4. The lowest BCUT2D eigenvalue weighted by Crippen LogP contribution is -2.55. The summed E-state index contributed by atoms with van der Waals surface area (Å²) in [6, 6.07) is -2.94. The number of aliphatic carboxylic acids is 1. The molecule has 0 spiro atoms. The highest BCUT2D eigenvalue weighted by atomic mass is 32.1. The summed E-state index contributed by atoms with van der Waals surface area (Å²) in [4.78, 5) is 42.6. The van der Waals surface area contributed by atoms with Gasteiger partial charge in [0.2, 0.25) is 11.8 Å². The molecular formula is C15H26N6O4S. The zero-order valence-corrected chi connectivity index (χ0v) is 15.2. The Balaban J connectivity index is 2.80. The van der Waals surface area contributed by atoms with Gasteiger partial charge in [0, 0.05) is 24.1 Å². The van der Waals surface area contributed by atoms with E-state index in [1.54, 1.807) is 0 Å². The first-order valence-corrected chi connectivity index (χ1v) is 8.89. The van der Waals surface area contributed by atoms with E-state index in [9.17, 15) is 19.5 Å². The summed E-state index contributed by atoms with van der Waals surface area (Å²) in [6.45, 7) is 0.445. The third-order valence-electron chi connectivity index (χ3n) is 3.71. The zero-order valence-electron chi connectivity index (χ0n) is 14.4. The maximum Gasteiger partial charge on any atom is 0.326 e. The van der Waals surface area contributed by atoms with Gasteiger partial charge >= 0.3 is 5.97 Å². The van der Waals surface area contributed by atoms with Gasteiger partial charge in [-0.2, -0.15) is 12.6 Å². The molecule has 0 aliphatic rings. The topological polar surface area (TPSA) is 176 Å². The van der Waals surface area contributed by atoms with Gasteiger partial charge in [-0.1, -0.05) is 0 Å². The number of unbranched alkanes of at least 4 members (excludes halogenated alkanes) is 1. The van der Waals surface area contributed by atoms with Crippen LogP contribution in [0.3, 0.4) is 0 Å². The Morgan fingerprint density at radius 2 is 1.92 bits per heavy atom. The molecule has 1 heterocycles. The minimum absolute atomic E-state index is 0.112. The maximum absolute atomic E-state index is 12.6. The van der Waals surface area contributed by atoms with Crippen molar-refractivity contribution in [1.29, 1.82) is 0 Å². The van der Waals surface area contributed by atoms with Gasteiger partial charge in [0.25, 0.3) is 0 Å². The van der Waals surface area contributed by atoms with Crippen LogP contribution in [0.1, 0.15) is 25.0 Å². The van der Waals surface area contributed by atoms with Crippen molar-refractivity contribution in [2.75, 3.05) is 12.3 Å². The van der Waals surface area contributed by atoms with E-state index in [0.717, 1.165) is 0 Å². The molecule has 3 atom stereocenters. The molecule has 0 aliphatic heterocycles. The molecule has 146 valence electrons. The standard InChI is InChI=1S/C15H26N6O4S/c16-4-2-1-3-11(15(24)25)20-14(23)12(5-9-6-18-8-19-9)21-13(22)10(17)7-26/h6,8,10-12,26H,1-5,7,16-17H2,(H,18,19)(H,20,23)(H,21,22)(H,24,25)/t10-,11-,12-/m0/s1. The largest absolute Gasteiger partial charge is 0.480 e. The van der Waals surface area contributed by atoms with Crippen LogP contribution >= 0.6 is 12.6 Å². The van der Waals surface area contributed by atoms with E-state index < -0.39 is 35.9 Å². The molecule has 0 bridgehead atoms. The van der Waals surface area contributed by atoms with Crippen LogP contribution in [0.4, 0.5) is 0 Å². The minimum atomic E-state index is -1.14. The molecule has 0 fully saturated rings. The van der Waals surface area contributed by atoms with Gasteiger partial charge in [-0.3, -0.25) is 9.59 Å². The van der Waals surface area contributed by atoms with Crippen molar-refractivity contribution < 1.29 is 19.5 Å². The number of aromatic amines is 1. The second kappa shape index (κ2) is 11.5. The molecule has 0 aliphatic carbocycles. The molecule has 0 saturated heterocycles. The van der Waals surface area contributed by atoms with Gasteiger partial charge in [0.1, 0.15) is 12.1 Å². The predicted molar refractivity (Wildman–Crippen MR) is 98.5 cm³/mol. The maximum atomic E-state index is 12.6. The number of carboxylic acids is 1. The minimum Gasteiger partial charge on any atom is -0.480 e. The number of aromatic nitrogens is 2. The number of nitrogens with one attached hydrogen (secondary N) is 3. The summed E-state index contributed by atoms with van der Waals surface area (Å²) in [6.07, 6.45) is 4.55. The SMILES string of the molecule is NCCCC[C@H](NC(=O)[C@H](Cc1cnc[nH]1)NC(=O)[C@@H](N)CS)C(=O)O. The number of imidazole rings is 1. The molecule has 1 aromatic heterocycles. The van der Waals surface area contributed by atoms with Crippen LogP contribution < -0.4 is 22.1 Å². The van der Waals surface area contributed by atoms with Crippen molar-refractivity contribution in [1.82, 2.24) is 20.6 Å². The summed E-state index contributed by atoms with van der Waals surface area (Å²) >= 11 is 3.96. The number of nitrogens with two attached hydrogens (primary N) is 2. The number of thiol groups is 1. The summed E-state index contributed by atoms with van der Waals surface area (Å²) in [5, 5.41) is 14.3. The summed E-state index contributed by atoms with van der Waals surface area (Å²) in [5.41, 5.74) is 11.6. The van der Waals surface area contributed by atoms with Crippen LogP contribution in [0.5, 0.6) is 0 Å². The van der Waals surface area contributed by atoms with Gasteiger partial charge < -0.3 is 32.2 Å². The molecule has 8 N–H and O–H groups in total. The summed E-state index contributed by atoms with van der Waals surface area (Å²) in [5.74, 6) is -2.19. The second-order valence-electron chi connectivity index (χ2n) is 5.82.